The van der Waals surface area contributed by atoms with Crippen molar-refractivity contribution in [3.05, 3.63) is 81.4 Å². The fourth-order valence-corrected chi connectivity index (χ4v) is 5.12. The Morgan fingerprint density at radius 1 is 1.16 bits per heavy atom. The van der Waals surface area contributed by atoms with Gasteiger partial charge in [-0.25, -0.2) is 0 Å². The van der Waals surface area contributed by atoms with E-state index in [4.69, 9.17) is 40.2 Å². The maximum Gasteiger partial charge on any atom is 0.170 e. The molecule has 1 aliphatic rings. The van der Waals surface area contributed by atoms with Crippen LogP contribution in [0, 0.1) is 13.8 Å². The summed E-state index contributed by atoms with van der Waals surface area (Å²) in [5, 5.41) is 5.40. The molecule has 1 N–H and O–H groups in total. The number of hydrogen-bond donors (Lipinski definition) is 1. The normalized spacial score (nSPS) is 18.5. The molecule has 0 radical (unpaired) electrons. The van der Waals surface area contributed by atoms with E-state index < -0.39 is 0 Å². The fourth-order valence-electron chi connectivity index (χ4n) is 4.29. The molecule has 1 fully saturated rings. The van der Waals surface area contributed by atoms with Crippen molar-refractivity contribution in [2.45, 2.75) is 25.9 Å². The Morgan fingerprint density at radius 2 is 1.97 bits per heavy atom. The minimum atomic E-state index is -0.0693. The number of hydrogen-bond acceptors (Lipinski definition) is 3. The number of halogens is 2. The molecule has 4 rings (SSSR count). The molecule has 0 aliphatic carbocycles. The van der Waals surface area contributed by atoms with Crippen molar-refractivity contribution in [1.82, 2.24) is 19.8 Å². The van der Waals surface area contributed by atoms with Crippen molar-refractivity contribution >= 4 is 40.5 Å². The van der Waals surface area contributed by atoms with Crippen LogP contribution in [-0.4, -0.2) is 39.8 Å². The van der Waals surface area contributed by atoms with Crippen LogP contribution >= 0.6 is 35.4 Å². The lowest BCUT2D eigenvalue weighted by molar-refractivity contribution is 0.164. The van der Waals surface area contributed by atoms with Gasteiger partial charge in [-0.15, -0.1) is 0 Å². The Labute approximate surface area is 197 Å². The molecule has 3 aromatic rings. The zero-order valence-corrected chi connectivity index (χ0v) is 19.9. The van der Waals surface area contributed by atoms with E-state index in [2.05, 4.69) is 39.7 Å². The highest BCUT2D eigenvalue weighted by molar-refractivity contribution is 7.80. The van der Waals surface area contributed by atoms with Gasteiger partial charge in [-0.1, -0.05) is 29.3 Å². The third-order valence-corrected chi connectivity index (χ3v) is 6.56. The summed E-state index contributed by atoms with van der Waals surface area (Å²) in [5.74, 6) is 0. The van der Waals surface area contributed by atoms with Gasteiger partial charge >= 0.3 is 0 Å². The zero-order valence-electron chi connectivity index (χ0n) is 17.6. The number of pyridine rings is 1. The number of ether oxygens (including phenoxy) is 1. The SMILES string of the molecule is COCCN1C(=S)NC(c2ccccn2)C1c1cc(C)n(-c2ccc(Cl)cc2Cl)c1C. The van der Waals surface area contributed by atoms with Crippen LogP contribution in [0.3, 0.4) is 0 Å². The molecular formula is C23H24Cl2N4OS. The van der Waals surface area contributed by atoms with Gasteiger partial charge in [0.15, 0.2) is 5.11 Å². The Bertz CT molecular complexity index is 1100. The summed E-state index contributed by atoms with van der Waals surface area (Å²) >= 11 is 18.4. The molecule has 31 heavy (non-hydrogen) atoms. The lowest BCUT2D eigenvalue weighted by Gasteiger charge is -2.28. The first kappa shape index (κ1) is 22.1. The first-order valence-electron chi connectivity index (χ1n) is 10.0. The van der Waals surface area contributed by atoms with Gasteiger partial charge in [0.25, 0.3) is 0 Å². The van der Waals surface area contributed by atoms with Crippen LogP contribution < -0.4 is 5.32 Å². The number of aromatic nitrogens is 2. The molecule has 0 spiro atoms. The van der Waals surface area contributed by atoms with Crippen molar-refractivity contribution in [1.29, 1.82) is 0 Å². The minimum Gasteiger partial charge on any atom is -0.383 e. The maximum atomic E-state index is 6.55. The summed E-state index contributed by atoms with van der Waals surface area (Å²) in [5.41, 5.74) is 5.20. The van der Waals surface area contributed by atoms with Gasteiger partial charge in [-0.2, -0.15) is 0 Å². The molecule has 2 unspecified atom stereocenters. The molecule has 2 atom stereocenters. The number of rotatable bonds is 6. The van der Waals surface area contributed by atoms with Gasteiger partial charge in [-0.05, 0) is 68.0 Å². The van der Waals surface area contributed by atoms with Gasteiger partial charge in [0.2, 0.25) is 0 Å². The third kappa shape index (κ3) is 4.17. The van der Waals surface area contributed by atoms with E-state index in [-0.39, 0.29) is 12.1 Å². The maximum absolute atomic E-state index is 6.55. The van der Waals surface area contributed by atoms with Gasteiger partial charge in [0.05, 0.1) is 35.1 Å². The largest absolute Gasteiger partial charge is 0.383 e. The zero-order chi connectivity index (χ0) is 22.1. The second-order valence-electron chi connectivity index (χ2n) is 7.57. The Kier molecular flexibility index (Phi) is 6.53. The highest BCUT2D eigenvalue weighted by Crippen LogP contribution is 2.41. The van der Waals surface area contributed by atoms with E-state index >= 15 is 0 Å². The van der Waals surface area contributed by atoms with Gasteiger partial charge < -0.3 is 19.5 Å². The van der Waals surface area contributed by atoms with E-state index in [1.165, 1.54) is 5.56 Å². The van der Waals surface area contributed by atoms with Crippen molar-refractivity contribution in [2.24, 2.45) is 0 Å². The Balaban J connectivity index is 1.83. The number of methoxy groups -OCH3 is 1. The lowest BCUT2D eigenvalue weighted by Crippen LogP contribution is -2.32. The van der Waals surface area contributed by atoms with E-state index in [0.29, 0.717) is 28.3 Å². The van der Waals surface area contributed by atoms with E-state index in [9.17, 15) is 0 Å². The van der Waals surface area contributed by atoms with Gasteiger partial charge in [-0.3, -0.25) is 4.98 Å². The number of nitrogens with zero attached hydrogens (tertiary/aromatic N) is 3. The van der Waals surface area contributed by atoms with Crippen molar-refractivity contribution < 1.29 is 4.74 Å². The number of benzene rings is 1. The van der Waals surface area contributed by atoms with Crippen LogP contribution in [0.4, 0.5) is 0 Å². The first-order chi connectivity index (χ1) is 14.9. The summed E-state index contributed by atoms with van der Waals surface area (Å²) in [6, 6.07) is 13.6. The molecule has 8 heteroatoms. The predicted molar refractivity (Wildman–Crippen MR) is 129 cm³/mol. The van der Waals surface area contributed by atoms with Crippen molar-refractivity contribution in [2.75, 3.05) is 20.3 Å². The summed E-state index contributed by atoms with van der Waals surface area (Å²) in [7, 11) is 1.70. The molecule has 0 bridgehead atoms. The Hall–Kier alpha value is -2.12. The number of aryl methyl sites for hydroxylation is 1. The van der Waals surface area contributed by atoms with Crippen LogP contribution in [0.25, 0.3) is 5.69 Å². The lowest BCUT2D eigenvalue weighted by atomic mass is 9.97. The highest BCUT2D eigenvalue weighted by atomic mass is 35.5. The van der Waals surface area contributed by atoms with Gasteiger partial charge in [0.1, 0.15) is 0 Å². The Morgan fingerprint density at radius 3 is 2.65 bits per heavy atom. The molecule has 0 saturated carbocycles. The summed E-state index contributed by atoms with van der Waals surface area (Å²) < 4.78 is 7.52. The molecule has 5 nitrogen and oxygen atoms in total. The second-order valence-corrected chi connectivity index (χ2v) is 8.80. The molecular weight excluding hydrogens is 451 g/mol. The van der Waals surface area contributed by atoms with Gasteiger partial charge in [0, 0.05) is 36.3 Å². The molecule has 3 heterocycles. The van der Waals surface area contributed by atoms with Crippen LogP contribution in [0.15, 0.2) is 48.7 Å². The number of nitrogens with one attached hydrogen (secondary N) is 1. The fraction of sp³-hybridized carbons (Fsp3) is 0.304. The summed E-state index contributed by atoms with van der Waals surface area (Å²) in [4.78, 5) is 6.79. The van der Waals surface area contributed by atoms with Crippen molar-refractivity contribution in [3.8, 4) is 5.69 Å². The van der Waals surface area contributed by atoms with Crippen molar-refractivity contribution in [3.63, 3.8) is 0 Å². The molecule has 1 aliphatic heterocycles. The van der Waals surface area contributed by atoms with Crippen LogP contribution in [0.1, 0.15) is 34.7 Å². The van der Waals surface area contributed by atoms with E-state index in [0.717, 1.165) is 22.8 Å². The van der Waals surface area contributed by atoms with E-state index in [1.54, 1.807) is 13.2 Å². The minimum absolute atomic E-state index is 0.0245. The molecule has 0 amide bonds. The smallest absolute Gasteiger partial charge is 0.170 e. The van der Waals surface area contributed by atoms with Crippen LogP contribution in [0.5, 0.6) is 0 Å². The summed E-state index contributed by atoms with van der Waals surface area (Å²) in [6.45, 7) is 5.45. The highest BCUT2D eigenvalue weighted by Gasteiger charge is 2.41. The quantitative estimate of drug-likeness (QED) is 0.483. The molecule has 1 aromatic carbocycles. The molecule has 2 aromatic heterocycles. The second kappa shape index (κ2) is 9.17. The third-order valence-electron chi connectivity index (χ3n) is 5.67. The van der Waals surface area contributed by atoms with Crippen LogP contribution in [0.2, 0.25) is 10.0 Å². The predicted octanol–water partition coefficient (Wildman–Crippen LogP) is 5.41. The standard InChI is InChI=1S/C23H24Cl2N4OS/c1-14-12-17(15(2)29(14)20-8-7-16(24)13-18(20)25)22-21(19-6-4-5-9-26-19)27-23(31)28(22)10-11-30-3/h4-9,12-13,21-22H,10-11H2,1-3H3,(H,27,31). The topological polar surface area (TPSA) is 42.3 Å². The van der Waals surface area contributed by atoms with Crippen LogP contribution in [-0.2, 0) is 4.74 Å². The molecule has 162 valence electrons. The number of thiocarbonyl (C=S) groups is 1. The monoisotopic (exact) mass is 474 g/mol. The average Bonchev–Trinajstić information content (AvgIpc) is 3.23. The molecule has 1 saturated heterocycles. The van der Waals surface area contributed by atoms with E-state index in [1.807, 2.05) is 36.5 Å². The first-order valence-corrected chi connectivity index (χ1v) is 11.2. The summed E-state index contributed by atoms with van der Waals surface area (Å²) in [6.07, 6.45) is 1.81. The average molecular weight is 475 g/mol.